The molecule has 1 aliphatic rings. The molecular weight excluding hydrogens is 394 g/mol. The monoisotopic (exact) mass is 417 g/mol. The van der Waals surface area contributed by atoms with Crippen molar-refractivity contribution in [3.8, 4) is 11.1 Å². The number of aromatic carboxylic acids is 2. The van der Waals surface area contributed by atoms with E-state index in [2.05, 4.69) is 5.32 Å². The smallest absolute Gasteiger partial charge is 0.336 e. The number of rotatable bonds is 8. The summed E-state index contributed by atoms with van der Waals surface area (Å²) in [5, 5.41) is 22.4. The maximum Gasteiger partial charge on any atom is 0.336 e. The first kappa shape index (κ1) is 20.9. The second kappa shape index (κ2) is 7.87. The first-order valence-electron chi connectivity index (χ1n) is 9.21. The highest BCUT2D eigenvalue weighted by atomic mass is 32.2. The molecule has 3 N–H and O–H groups in total. The maximum atomic E-state index is 11.9. The summed E-state index contributed by atoms with van der Waals surface area (Å²) < 4.78 is 23.5. The van der Waals surface area contributed by atoms with Crippen LogP contribution in [0.5, 0.6) is 0 Å². The molecule has 0 radical (unpaired) electrons. The second-order valence-corrected chi connectivity index (χ2v) is 9.74. The highest BCUT2D eigenvalue weighted by Gasteiger charge is 2.23. The van der Waals surface area contributed by atoms with Gasteiger partial charge in [-0.1, -0.05) is 6.07 Å². The Balaban J connectivity index is 2.17. The summed E-state index contributed by atoms with van der Waals surface area (Å²) in [7, 11) is -3.27. The number of carbonyl (C=O) groups is 2. The van der Waals surface area contributed by atoms with E-state index < -0.39 is 21.8 Å². The molecule has 0 amide bonds. The van der Waals surface area contributed by atoms with Crippen molar-refractivity contribution >= 4 is 27.5 Å². The number of carboxylic acids is 2. The molecule has 1 fully saturated rings. The van der Waals surface area contributed by atoms with Crippen molar-refractivity contribution in [2.75, 3.05) is 18.1 Å². The second-order valence-electron chi connectivity index (χ2n) is 7.60. The van der Waals surface area contributed by atoms with E-state index in [1.165, 1.54) is 6.07 Å². The fourth-order valence-corrected chi connectivity index (χ4v) is 4.06. The fourth-order valence-electron chi connectivity index (χ4n) is 3.28. The standard InChI is InChI=1S/C21H23NO6S/c1-12-7-16(18(21(25)26)9-15(12)20(23)24)17-8-14(11-29(2,27)28)5-6-19(17)22-10-13-3-4-13/h5-9,13,22H,3-4,10-11H2,1-2H3,(H,23,24)(H,25,26). The Morgan fingerprint density at radius 2 is 1.69 bits per heavy atom. The molecule has 1 saturated carbocycles. The minimum atomic E-state index is -3.27. The lowest BCUT2D eigenvalue weighted by Crippen LogP contribution is -2.10. The van der Waals surface area contributed by atoms with Gasteiger partial charge in [0.15, 0.2) is 9.84 Å². The Morgan fingerprint density at radius 3 is 2.24 bits per heavy atom. The van der Waals surface area contributed by atoms with Gasteiger partial charge in [-0.05, 0) is 66.6 Å². The molecule has 154 valence electrons. The van der Waals surface area contributed by atoms with Crippen LogP contribution in [-0.4, -0.2) is 43.4 Å². The summed E-state index contributed by atoms with van der Waals surface area (Å²) in [5.41, 5.74) is 2.34. The lowest BCUT2D eigenvalue weighted by atomic mass is 9.92. The maximum absolute atomic E-state index is 11.9. The molecule has 0 spiro atoms. The summed E-state index contributed by atoms with van der Waals surface area (Å²) in [4.78, 5) is 23.3. The van der Waals surface area contributed by atoms with Gasteiger partial charge in [0.25, 0.3) is 0 Å². The van der Waals surface area contributed by atoms with Crippen LogP contribution in [0.4, 0.5) is 5.69 Å². The van der Waals surface area contributed by atoms with Gasteiger partial charge in [0.05, 0.1) is 16.9 Å². The summed E-state index contributed by atoms with van der Waals surface area (Å²) >= 11 is 0. The van der Waals surface area contributed by atoms with Crippen molar-refractivity contribution in [2.24, 2.45) is 5.92 Å². The van der Waals surface area contributed by atoms with Crippen LogP contribution in [0.2, 0.25) is 0 Å². The molecule has 0 bridgehead atoms. The first-order valence-corrected chi connectivity index (χ1v) is 11.3. The number of aryl methyl sites for hydroxylation is 1. The van der Waals surface area contributed by atoms with E-state index in [0.29, 0.717) is 33.9 Å². The number of hydrogen-bond acceptors (Lipinski definition) is 5. The third-order valence-electron chi connectivity index (χ3n) is 4.91. The third kappa shape index (κ3) is 5.14. The van der Waals surface area contributed by atoms with Gasteiger partial charge < -0.3 is 15.5 Å². The molecule has 0 saturated heterocycles. The van der Waals surface area contributed by atoms with Gasteiger partial charge in [-0.2, -0.15) is 0 Å². The van der Waals surface area contributed by atoms with Gasteiger partial charge in [-0.3, -0.25) is 0 Å². The number of sulfone groups is 1. The Labute approximate surface area is 169 Å². The van der Waals surface area contributed by atoms with Crippen LogP contribution in [0.3, 0.4) is 0 Å². The van der Waals surface area contributed by atoms with Crippen LogP contribution in [-0.2, 0) is 15.6 Å². The van der Waals surface area contributed by atoms with Crippen molar-refractivity contribution in [3.63, 3.8) is 0 Å². The van der Waals surface area contributed by atoms with E-state index >= 15 is 0 Å². The van der Waals surface area contributed by atoms with Gasteiger partial charge >= 0.3 is 11.9 Å². The Morgan fingerprint density at radius 1 is 1.03 bits per heavy atom. The van der Waals surface area contributed by atoms with Crippen LogP contribution >= 0.6 is 0 Å². The predicted molar refractivity (Wildman–Crippen MR) is 110 cm³/mol. The summed E-state index contributed by atoms with van der Waals surface area (Å²) in [6, 6.07) is 7.82. The van der Waals surface area contributed by atoms with E-state index in [4.69, 9.17) is 0 Å². The molecule has 1 aliphatic carbocycles. The van der Waals surface area contributed by atoms with Gasteiger partial charge in [-0.25, -0.2) is 18.0 Å². The fraction of sp³-hybridized carbons (Fsp3) is 0.333. The summed E-state index contributed by atoms with van der Waals surface area (Å²) in [5.74, 6) is -2.04. The van der Waals surface area contributed by atoms with E-state index in [1.807, 2.05) is 0 Å². The molecule has 7 nitrogen and oxygen atoms in total. The molecule has 0 heterocycles. The lowest BCUT2D eigenvalue weighted by molar-refractivity contribution is 0.0695. The van der Waals surface area contributed by atoms with E-state index in [0.717, 1.165) is 31.7 Å². The van der Waals surface area contributed by atoms with E-state index in [1.54, 1.807) is 25.1 Å². The molecule has 2 aromatic carbocycles. The van der Waals surface area contributed by atoms with Crippen molar-refractivity contribution in [1.82, 2.24) is 0 Å². The third-order valence-corrected chi connectivity index (χ3v) is 5.76. The molecule has 0 atom stereocenters. The average molecular weight is 417 g/mol. The summed E-state index contributed by atoms with van der Waals surface area (Å²) in [6.45, 7) is 2.35. The number of hydrogen-bond donors (Lipinski definition) is 3. The quantitative estimate of drug-likeness (QED) is 0.602. The predicted octanol–water partition coefficient (Wildman–Crippen LogP) is 3.42. The topological polar surface area (TPSA) is 121 Å². The van der Waals surface area contributed by atoms with Crippen molar-refractivity contribution in [3.05, 3.63) is 52.6 Å². The minimum absolute atomic E-state index is 0.0778. The molecule has 29 heavy (non-hydrogen) atoms. The van der Waals surface area contributed by atoms with Crippen LogP contribution in [0.1, 0.15) is 44.7 Å². The first-order chi connectivity index (χ1) is 13.5. The van der Waals surface area contributed by atoms with Crippen LogP contribution in [0.15, 0.2) is 30.3 Å². The average Bonchev–Trinajstić information content (AvgIpc) is 3.42. The molecule has 8 heteroatoms. The van der Waals surface area contributed by atoms with Gasteiger partial charge in [-0.15, -0.1) is 0 Å². The van der Waals surface area contributed by atoms with Crippen molar-refractivity contribution in [2.45, 2.75) is 25.5 Å². The van der Waals surface area contributed by atoms with Crippen molar-refractivity contribution in [1.29, 1.82) is 0 Å². The zero-order chi connectivity index (χ0) is 21.3. The Bertz CT molecular complexity index is 1090. The molecular formula is C21H23NO6S. The van der Waals surface area contributed by atoms with Crippen LogP contribution < -0.4 is 5.32 Å². The molecule has 2 aromatic rings. The molecule has 0 aromatic heterocycles. The van der Waals surface area contributed by atoms with Gasteiger partial charge in [0.2, 0.25) is 0 Å². The lowest BCUT2D eigenvalue weighted by Gasteiger charge is -2.17. The molecule has 0 unspecified atom stereocenters. The van der Waals surface area contributed by atoms with Crippen LogP contribution in [0.25, 0.3) is 11.1 Å². The SMILES string of the molecule is Cc1cc(-c2cc(CS(C)(=O)=O)ccc2NCC2CC2)c(C(=O)O)cc1C(=O)O. The highest BCUT2D eigenvalue weighted by molar-refractivity contribution is 7.89. The van der Waals surface area contributed by atoms with E-state index in [-0.39, 0.29) is 16.9 Å². The summed E-state index contributed by atoms with van der Waals surface area (Å²) in [6.07, 6.45) is 3.42. The van der Waals surface area contributed by atoms with E-state index in [9.17, 15) is 28.2 Å². The molecule has 0 aliphatic heterocycles. The minimum Gasteiger partial charge on any atom is -0.478 e. The van der Waals surface area contributed by atoms with Gasteiger partial charge in [0.1, 0.15) is 0 Å². The zero-order valence-corrected chi connectivity index (χ0v) is 17.0. The number of benzene rings is 2. The van der Waals surface area contributed by atoms with Gasteiger partial charge in [0, 0.05) is 24.1 Å². The largest absolute Gasteiger partial charge is 0.478 e. The van der Waals surface area contributed by atoms with Crippen molar-refractivity contribution < 1.29 is 28.2 Å². The van der Waals surface area contributed by atoms with Crippen LogP contribution in [0, 0.1) is 12.8 Å². The number of carboxylic acid groups (broad SMARTS) is 2. The zero-order valence-electron chi connectivity index (χ0n) is 16.2. The number of anilines is 1. The Hall–Kier alpha value is -2.87. The molecule has 3 rings (SSSR count). The normalized spacial score (nSPS) is 13.9. The Kier molecular flexibility index (Phi) is 5.66. The highest BCUT2D eigenvalue weighted by Crippen LogP contribution is 2.36. The number of nitrogens with one attached hydrogen (secondary N) is 1.